The number of hydrogen-bond acceptors (Lipinski definition) is 4. The first-order valence-electron chi connectivity index (χ1n) is 5.80. The van der Waals surface area contributed by atoms with Gasteiger partial charge >= 0.3 is 0 Å². The van der Waals surface area contributed by atoms with E-state index in [1.54, 1.807) is 12.1 Å². The van der Waals surface area contributed by atoms with E-state index in [2.05, 4.69) is 27.6 Å². The van der Waals surface area contributed by atoms with Gasteiger partial charge < -0.3 is 0 Å². The molecule has 1 aromatic carbocycles. The standard InChI is InChI=1S/C12H11IN2O3S/c1-19(17,18)12-14-10-8(3-2-4-9(10)13)11(16)15(12)7-5-6-7/h2-4,7H,5-6H2,1H3. The smallest absolute Gasteiger partial charge is 0.262 e. The number of aromatic nitrogens is 2. The fourth-order valence-electron chi connectivity index (χ4n) is 2.08. The van der Waals surface area contributed by atoms with E-state index in [0.29, 0.717) is 10.9 Å². The lowest BCUT2D eigenvalue weighted by Crippen LogP contribution is -2.26. The van der Waals surface area contributed by atoms with Gasteiger partial charge in [-0.2, -0.15) is 0 Å². The molecule has 1 aromatic heterocycles. The summed E-state index contributed by atoms with van der Waals surface area (Å²) in [5.74, 6) is 0. The molecule has 0 atom stereocenters. The molecule has 3 rings (SSSR count). The molecule has 2 aromatic rings. The van der Waals surface area contributed by atoms with Crippen LogP contribution in [0.4, 0.5) is 0 Å². The van der Waals surface area contributed by atoms with Gasteiger partial charge in [0, 0.05) is 15.9 Å². The molecule has 0 unspecified atom stereocenters. The van der Waals surface area contributed by atoms with Crippen LogP contribution in [-0.4, -0.2) is 24.2 Å². The van der Waals surface area contributed by atoms with Gasteiger partial charge in [-0.3, -0.25) is 9.36 Å². The maximum absolute atomic E-state index is 12.5. The Labute approximate surface area is 123 Å². The predicted molar refractivity (Wildman–Crippen MR) is 80.1 cm³/mol. The van der Waals surface area contributed by atoms with Crippen LogP contribution in [0.5, 0.6) is 0 Å². The highest BCUT2D eigenvalue weighted by molar-refractivity contribution is 14.1. The Hall–Kier alpha value is -0.960. The van der Waals surface area contributed by atoms with Crippen molar-refractivity contribution >= 4 is 43.3 Å². The molecule has 0 spiro atoms. The number of rotatable bonds is 2. The molecule has 0 saturated heterocycles. The van der Waals surface area contributed by atoms with E-state index in [-0.39, 0.29) is 16.8 Å². The van der Waals surface area contributed by atoms with E-state index in [0.717, 1.165) is 22.7 Å². The molecule has 100 valence electrons. The summed E-state index contributed by atoms with van der Waals surface area (Å²) in [7, 11) is -3.52. The van der Waals surface area contributed by atoms with Crippen molar-refractivity contribution in [2.45, 2.75) is 24.0 Å². The fourth-order valence-corrected chi connectivity index (χ4v) is 3.55. The Morgan fingerprint density at radius 2 is 2.05 bits per heavy atom. The van der Waals surface area contributed by atoms with Gasteiger partial charge in [-0.1, -0.05) is 6.07 Å². The van der Waals surface area contributed by atoms with Crippen LogP contribution < -0.4 is 5.56 Å². The van der Waals surface area contributed by atoms with E-state index in [9.17, 15) is 13.2 Å². The molecular formula is C12H11IN2O3S. The molecular weight excluding hydrogens is 379 g/mol. The highest BCUT2D eigenvalue weighted by Gasteiger charge is 2.31. The zero-order chi connectivity index (χ0) is 13.8. The van der Waals surface area contributed by atoms with Crippen LogP contribution in [0.2, 0.25) is 0 Å². The number of para-hydroxylation sites is 1. The summed E-state index contributed by atoms with van der Waals surface area (Å²) < 4.78 is 25.9. The lowest BCUT2D eigenvalue weighted by Gasteiger charge is -2.11. The monoisotopic (exact) mass is 390 g/mol. The van der Waals surface area contributed by atoms with Gasteiger partial charge in [-0.05, 0) is 47.6 Å². The summed E-state index contributed by atoms with van der Waals surface area (Å²) in [5, 5.41) is 0.364. The Kier molecular flexibility index (Phi) is 2.93. The van der Waals surface area contributed by atoms with Gasteiger partial charge in [0.05, 0.1) is 10.9 Å². The quantitative estimate of drug-likeness (QED) is 0.579. The molecule has 0 amide bonds. The second kappa shape index (κ2) is 4.27. The minimum Gasteiger partial charge on any atom is -0.280 e. The third kappa shape index (κ3) is 2.18. The number of halogens is 1. The van der Waals surface area contributed by atoms with E-state index in [4.69, 9.17) is 0 Å². The molecule has 5 nitrogen and oxygen atoms in total. The molecule has 1 aliphatic rings. The van der Waals surface area contributed by atoms with Crippen LogP contribution in [0, 0.1) is 3.57 Å². The van der Waals surface area contributed by atoms with Crippen molar-refractivity contribution < 1.29 is 8.42 Å². The van der Waals surface area contributed by atoms with Gasteiger partial charge in [-0.15, -0.1) is 0 Å². The summed E-state index contributed by atoms with van der Waals surface area (Å²) in [4.78, 5) is 16.7. The normalized spacial score (nSPS) is 15.9. The second-order valence-electron chi connectivity index (χ2n) is 4.71. The van der Waals surface area contributed by atoms with Gasteiger partial charge in [0.25, 0.3) is 5.56 Å². The van der Waals surface area contributed by atoms with Crippen LogP contribution in [0.1, 0.15) is 18.9 Å². The Morgan fingerprint density at radius 1 is 1.37 bits per heavy atom. The summed E-state index contributed by atoms with van der Waals surface area (Å²) in [6, 6.07) is 5.26. The van der Waals surface area contributed by atoms with E-state index in [1.807, 2.05) is 6.07 Å². The number of sulfone groups is 1. The minimum absolute atomic E-state index is 0.0213. The van der Waals surface area contributed by atoms with Gasteiger partial charge in [0.2, 0.25) is 15.0 Å². The molecule has 0 bridgehead atoms. The van der Waals surface area contributed by atoms with E-state index in [1.165, 1.54) is 4.57 Å². The molecule has 19 heavy (non-hydrogen) atoms. The molecule has 0 radical (unpaired) electrons. The Balaban J connectivity index is 2.51. The summed E-state index contributed by atoms with van der Waals surface area (Å²) in [5.41, 5.74) is 0.205. The van der Waals surface area contributed by atoms with Crippen molar-refractivity contribution in [2.24, 2.45) is 0 Å². The second-order valence-corrected chi connectivity index (χ2v) is 7.78. The summed E-state index contributed by atoms with van der Waals surface area (Å²) >= 11 is 2.06. The molecule has 0 aliphatic heterocycles. The highest BCUT2D eigenvalue weighted by Crippen LogP contribution is 2.35. The average molecular weight is 390 g/mol. The number of hydrogen-bond donors (Lipinski definition) is 0. The largest absolute Gasteiger partial charge is 0.280 e. The first-order chi connectivity index (χ1) is 8.89. The third-order valence-corrected chi connectivity index (χ3v) is 4.91. The summed E-state index contributed by atoms with van der Waals surface area (Å²) in [6.45, 7) is 0. The first kappa shape index (κ1) is 13.0. The first-order valence-corrected chi connectivity index (χ1v) is 8.77. The van der Waals surface area contributed by atoms with E-state index < -0.39 is 9.84 Å². The number of nitrogens with zero attached hydrogens (tertiary/aromatic N) is 2. The lowest BCUT2D eigenvalue weighted by atomic mass is 10.2. The van der Waals surface area contributed by atoms with Crippen molar-refractivity contribution in [3.05, 3.63) is 32.1 Å². The van der Waals surface area contributed by atoms with Crippen LogP contribution >= 0.6 is 22.6 Å². The van der Waals surface area contributed by atoms with E-state index >= 15 is 0 Å². The van der Waals surface area contributed by atoms with Crippen LogP contribution in [0.25, 0.3) is 10.9 Å². The van der Waals surface area contributed by atoms with Crippen LogP contribution in [0.15, 0.2) is 28.2 Å². The lowest BCUT2D eigenvalue weighted by molar-refractivity contribution is 0.554. The molecule has 1 aliphatic carbocycles. The average Bonchev–Trinajstić information content (AvgIpc) is 3.13. The van der Waals surface area contributed by atoms with Crippen LogP contribution in [-0.2, 0) is 9.84 Å². The van der Waals surface area contributed by atoms with Gasteiger partial charge in [0.1, 0.15) is 0 Å². The Bertz CT molecular complexity index is 838. The molecule has 1 saturated carbocycles. The maximum atomic E-state index is 12.5. The molecule has 7 heteroatoms. The molecule has 0 N–H and O–H groups in total. The highest BCUT2D eigenvalue weighted by atomic mass is 127. The van der Waals surface area contributed by atoms with Crippen LogP contribution in [0.3, 0.4) is 0 Å². The molecule has 1 heterocycles. The van der Waals surface area contributed by atoms with Crippen molar-refractivity contribution in [1.29, 1.82) is 0 Å². The number of fused-ring (bicyclic) bond motifs is 1. The van der Waals surface area contributed by atoms with Gasteiger partial charge in [0.15, 0.2) is 0 Å². The topological polar surface area (TPSA) is 69.0 Å². The van der Waals surface area contributed by atoms with Crippen molar-refractivity contribution in [3.63, 3.8) is 0 Å². The zero-order valence-corrected chi connectivity index (χ0v) is 13.1. The predicted octanol–water partition coefficient (Wildman–Crippen LogP) is 1.74. The third-order valence-electron chi connectivity index (χ3n) is 3.09. The fraction of sp³-hybridized carbons (Fsp3) is 0.333. The number of benzene rings is 1. The van der Waals surface area contributed by atoms with Crippen molar-refractivity contribution in [3.8, 4) is 0 Å². The van der Waals surface area contributed by atoms with Crippen molar-refractivity contribution in [2.75, 3.05) is 6.26 Å². The molecule has 1 fully saturated rings. The summed E-state index contributed by atoms with van der Waals surface area (Å²) in [6.07, 6.45) is 2.76. The van der Waals surface area contributed by atoms with Gasteiger partial charge in [-0.25, -0.2) is 13.4 Å². The zero-order valence-electron chi connectivity index (χ0n) is 10.1. The Morgan fingerprint density at radius 3 is 2.63 bits per heavy atom. The van der Waals surface area contributed by atoms with Crippen molar-refractivity contribution in [1.82, 2.24) is 9.55 Å². The minimum atomic E-state index is -3.52. The maximum Gasteiger partial charge on any atom is 0.262 e. The SMILES string of the molecule is CS(=O)(=O)c1nc2c(I)cccc2c(=O)n1C1CC1.